The summed E-state index contributed by atoms with van der Waals surface area (Å²) >= 11 is 0. The third-order valence-corrected chi connectivity index (χ3v) is 17.6. The summed E-state index contributed by atoms with van der Waals surface area (Å²) in [5.41, 5.74) is 21.8. The molecule has 0 N–H and O–H groups in total. The van der Waals surface area contributed by atoms with Crippen LogP contribution in [0.5, 0.6) is 0 Å². The van der Waals surface area contributed by atoms with Gasteiger partial charge in [-0.05, 0) is 190 Å². The maximum atomic E-state index is 5.92. The molecule has 0 fully saturated rings. The highest BCUT2D eigenvalue weighted by Crippen LogP contribution is 2.45. The van der Waals surface area contributed by atoms with Crippen molar-refractivity contribution in [3.63, 3.8) is 0 Å². The highest BCUT2D eigenvalue weighted by atomic mass is 15.2. The third kappa shape index (κ3) is 11.2. The number of aromatic nitrogens is 2. The molecule has 6 heteroatoms. The monoisotopic (exact) mass is 1200 g/mol. The lowest BCUT2D eigenvalue weighted by molar-refractivity contribution is 1.25. The average molecular weight is 1200 g/mol. The lowest BCUT2D eigenvalue weighted by Gasteiger charge is -2.28. The van der Waals surface area contributed by atoms with Crippen LogP contribution < -0.4 is 19.6 Å². The van der Waals surface area contributed by atoms with E-state index in [2.05, 4.69) is 396 Å². The molecule has 15 aromatic carbocycles. The van der Waals surface area contributed by atoms with Crippen molar-refractivity contribution in [1.82, 2.24) is 9.97 Å². The molecule has 0 bridgehead atoms. The van der Waals surface area contributed by atoms with Gasteiger partial charge >= 0.3 is 0 Å². The molecule has 0 radical (unpaired) electrons. The molecule has 0 saturated heterocycles. The summed E-state index contributed by atoms with van der Waals surface area (Å²) in [6.07, 6.45) is 0. The number of hydrogen-bond acceptors (Lipinski definition) is 6. The second-order valence-corrected chi connectivity index (χ2v) is 23.4. The van der Waals surface area contributed by atoms with Crippen LogP contribution >= 0.6 is 0 Å². The van der Waals surface area contributed by atoms with Crippen molar-refractivity contribution in [1.29, 1.82) is 0 Å². The number of anilines is 12. The third-order valence-electron chi connectivity index (χ3n) is 17.6. The largest absolute Gasteiger partial charge is 0.311 e. The van der Waals surface area contributed by atoms with Gasteiger partial charge < -0.3 is 19.6 Å². The zero-order chi connectivity index (χ0) is 62.6. The van der Waals surface area contributed by atoms with Crippen LogP contribution in [0.25, 0.3) is 77.3 Å². The van der Waals surface area contributed by atoms with Crippen molar-refractivity contribution in [2.24, 2.45) is 0 Å². The Kier molecular flexibility index (Phi) is 15.2. The highest BCUT2D eigenvalue weighted by molar-refractivity contribution is 6.05. The summed E-state index contributed by atoms with van der Waals surface area (Å²) < 4.78 is 0. The molecular formula is C88H62N6. The first-order valence-electron chi connectivity index (χ1n) is 31.9. The van der Waals surface area contributed by atoms with Gasteiger partial charge in [0.15, 0.2) is 0 Å². The molecular weight excluding hydrogens is 1140 g/mol. The minimum atomic E-state index is 0.777. The Morgan fingerprint density at radius 1 is 0.160 bits per heavy atom. The smallest absolute Gasteiger partial charge is 0.0979 e. The van der Waals surface area contributed by atoms with Crippen molar-refractivity contribution in [2.45, 2.75) is 0 Å². The van der Waals surface area contributed by atoms with Crippen molar-refractivity contribution in [3.8, 4) is 44.8 Å². The van der Waals surface area contributed by atoms with Gasteiger partial charge in [-0.3, -0.25) is 0 Å². The average Bonchev–Trinajstić information content (AvgIpc) is 0.806. The zero-order valence-electron chi connectivity index (χ0n) is 51.5. The Bertz CT molecular complexity index is 4860. The van der Waals surface area contributed by atoms with Gasteiger partial charge in [0, 0.05) is 90.5 Å². The molecule has 0 amide bonds. The highest BCUT2D eigenvalue weighted by Gasteiger charge is 2.23. The van der Waals surface area contributed by atoms with Crippen molar-refractivity contribution in [2.75, 3.05) is 19.6 Å². The van der Waals surface area contributed by atoms with E-state index in [0.29, 0.717) is 0 Å². The quantitative estimate of drug-likeness (QED) is 0.0960. The molecule has 16 aromatic rings. The Morgan fingerprint density at radius 3 is 0.617 bits per heavy atom. The molecule has 0 aliphatic rings. The number of benzene rings is 15. The number of hydrogen-bond donors (Lipinski definition) is 0. The topological polar surface area (TPSA) is 38.7 Å². The van der Waals surface area contributed by atoms with E-state index in [4.69, 9.17) is 9.97 Å². The molecule has 0 spiro atoms. The molecule has 1 aromatic heterocycles. The molecule has 0 atom stereocenters. The molecule has 6 nitrogen and oxygen atoms in total. The molecule has 0 saturated carbocycles. The lowest BCUT2D eigenvalue weighted by Crippen LogP contribution is -2.12. The zero-order valence-corrected chi connectivity index (χ0v) is 51.5. The molecule has 0 unspecified atom stereocenters. The predicted molar refractivity (Wildman–Crippen MR) is 395 cm³/mol. The van der Waals surface area contributed by atoms with Gasteiger partial charge in [-0.2, -0.15) is 0 Å². The van der Waals surface area contributed by atoms with E-state index < -0.39 is 0 Å². The fourth-order valence-corrected chi connectivity index (χ4v) is 13.0. The predicted octanol–water partition coefficient (Wildman–Crippen LogP) is 24.5. The molecule has 0 aliphatic heterocycles. The van der Waals surface area contributed by atoms with E-state index in [1.54, 1.807) is 0 Å². The van der Waals surface area contributed by atoms with Crippen LogP contribution in [0, 0.1) is 0 Å². The molecule has 94 heavy (non-hydrogen) atoms. The standard InChI is InChI=1S/C88H62N6/c1-7-27-71(28-8-1)91(72-29-9-2-10-30-72)79-51-55-81(56-52-79)93(75-35-15-5-16-36-75)77-47-43-65(44-48-77)85-86(90-88-84(70-42-40-64-24-20-22-26-68(64)62-70)60-59-83(87(88)89-85)69-41-39-63-23-19-21-25-67(63)61-69)66-45-49-78(50-46-66)94(76-37-17-6-18-38-76)82-57-53-80(54-58-82)92(73-31-11-3-12-32-73)74-33-13-4-14-34-74/h1-62H. The number of nitrogens with zero attached hydrogens (tertiary/aromatic N) is 6. The minimum Gasteiger partial charge on any atom is -0.311 e. The van der Waals surface area contributed by atoms with E-state index in [9.17, 15) is 0 Å². The second kappa shape index (κ2) is 25.3. The van der Waals surface area contributed by atoms with Crippen LogP contribution in [-0.2, 0) is 0 Å². The maximum absolute atomic E-state index is 5.92. The van der Waals surface area contributed by atoms with E-state index in [0.717, 1.165) is 135 Å². The normalized spacial score (nSPS) is 11.2. The Labute approximate surface area is 548 Å². The van der Waals surface area contributed by atoms with Crippen molar-refractivity contribution in [3.05, 3.63) is 376 Å². The van der Waals surface area contributed by atoms with Crippen LogP contribution in [0.3, 0.4) is 0 Å². The van der Waals surface area contributed by atoms with E-state index in [1.807, 2.05) is 0 Å². The first-order valence-corrected chi connectivity index (χ1v) is 31.9. The summed E-state index contributed by atoms with van der Waals surface area (Å²) in [7, 11) is 0. The van der Waals surface area contributed by atoms with Crippen LogP contribution in [0.15, 0.2) is 376 Å². The van der Waals surface area contributed by atoms with Crippen molar-refractivity contribution < 1.29 is 0 Å². The number of fused-ring (bicyclic) bond motifs is 3. The number of rotatable bonds is 16. The lowest BCUT2D eigenvalue weighted by atomic mass is 9.94. The van der Waals surface area contributed by atoms with Crippen LogP contribution in [0.1, 0.15) is 0 Å². The number of para-hydroxylation sites is 6. The van der Waals surface area contributed by atoms with E-state index >= 15 is 0 Å². The van der Waals surface area contributed by atoms with Crippen LogP contribution in [0.4, 0.5) is 68.2 Å². The van der Waals surface area contributed by atoms with E-state index in [-0.39, 0.29) is 0 Å². The summed E-state index contributed by atoms with van der Waals surface area (Å²) in [5, 5.41) is 4.69. The summed E-state index contributed by atoms with van der Waals surface area (Å²) in [6, 6.07) is 134. The molecule has 0 aliphatic carbocycles. The molecule has 1 heterocycles. The van der Waals surface area contributed by atoms with Crippen LogP contribution in [-0.4, -0.2) is 9.97 Å². The first-order chi connectivity index (χ1) is 46.6. The summed E-state index contributed by atoms with van der Waals surface area (Å²) in [5.74, 6) is 0. The SMILES string of the molecule is c1ccc(N(c2ccccc2)c2ccc(N(c3ccccc3)c3ccc(-c4nc5c(-c6ccc7ccccc7c6)ccc(-c6ccc7ccccc7c6)c5nc4-c4ccc(N(c5ccccc5)c5ccc(N(c6ccccc6)c6ccccc6)cc5)cc4)cc3)cc2)cc1. The van der Waals surface area contributed by atoms with Gasteiger partial charge in [0.05, 0.1) is 22.4 Å². The first kappa shape index (κ1) is 56.6. The van der Waals surface area contributed by atoms with Crippen molar-refractivity contribution >= 4 is 101 Å². The van der Waals surface area contributed by atoms with Gasteiger partial charge in [-0.15, -0.1) is 0 Å². The Balaban J connectivity index is 0.843. The van der Waals surface area contributed by atoms with Gasteiger partial charge in [-0.25, -0.2) is 9.97 Å². The summed E-state index contributed by atoms with van der Waals surface area (Å²) in [4.78, 5) is 21.1. The fraction of sp³-hybridized carbons (Fsp3) is 0. The van der Waals surface area contributed by atoms with Gasteiger partial charge in [0.25, 0.3) is 0 Å². The van der Waals surface area contributed by atoms with E-state index in [1.165, 1.54) is 10.8 Å². The van der Waals surface area contributed by atoms with Gasteiger partial charge in [0.1, 0.15) is 0 Å². The fourth-order valence-electron chi connectivity index (χ4n) is 13.0. The van der Waals surface area contributed by atoms with Crippen LogP contribution in [0.2, 0.25) is 0 Å². The van der Waals surface area contributed by atoms with Gasteiger partial charge in [0.2, 0.25) is 0 Å². The Morgan fingerprint density at radius 2 is 0.362 bits per heavy atom. The second-order valence-electron chi connectivity index (χ2n) is 23.4. The van der Waals surface area contributed by atoms with Gasteiger partial charge in [-0.1, -0.05) is 218 Å². The summed E-state index contributed by atoms with van der Waals surface area (Å²) in [6.45, 7) is 0. The molecule has 444 valence electrons. The minimum absolute atomic E-state index is 0.777. The maximum Gasteiger partial charge on any atom is 0.0979 e. The molecule has 16 rings (SSSR count). The Hall–Kier alpha value is -12.6.